The number of nitrogens with zero attached hydrogens (tertiary/aromatic N) is 2. The first-order chi connectivity index (χ1) is 7.10. The summed E-state index contributed by atoms with van der Waals surface area (Å²) >= 11 is 0. The number of aromatic nitrogens is 2. The van der Waals surface area contributed by atoms with Crippen molar-refractivity contribution in [2.75, 3.05) is 7.11 Å². The number of methoxy groups -OCH3 is 1. The molecule has 0 N–H and O–H groups in total. The highest BCUT2D eigenvalue weighted by Crippen LogP contribution is 2.18. The molecule has 0 fully saturated rings. The number of carbonyl (C=O) groups is 1. The lowest BCUT2D eigenvalue weighted by Gasteiger charge is -2.03. The van der Waals surface area contributed by atoms with E-state index in [1.165, 1.54) is 7.11 Å². The van der Waals surface area contributed by atoms with Crippen molar-refractivity contribution >= 4 is 5.78 Å². The van der Waals surface area contributed by atoms with Crippen LogP contribution in [-0.2, 0) is 6.54 Å². The van der Waals surface area contributed by atoms with Crippen LogP contribution in [0.1, 0.15) is 31.3 Å². The number of ketones is 1. The molecule has 0 bridgehead atoms. The summed E-state index contributed by atoms with van der Waals surface area (Å²) < 4.78 is 6.74. The molecular formula is C11H16N2O2. The molecule has 1 aromatic heterocycles. The number of allylic oxidation sites excluding steroid dienone is 2. The van der Waals surface area contributed by atoms with Crippen LogP contribution >= 0.6 is 0 Å². The van der Waals surface area contributed by atoms with E-state index in [-0.39, 0.29) is 5.78 Å². The first-order valence-electron chi connectivity index (χ1n) is 4.89. The van der Waals surface area contributed by atoms with Crippen molar-refractivity contribution in [2.24, 2.45) is 0 Å². The Morgan fingerprint density at radius 1 is 1.60 bits per heavy atom. The Hall–Kier alpha value is -1.58. The number of rotatable bonds is 4. The minimum Gasteiger partial charge on any atom is -0.493 e. The number of aryl methyl sites for hydroxylation is 1. The monoisotopic (exact) mass is 208 g/mol. The lowest BCUT2D eigenvalue weighted by molar-refractivity contribution is 0.103. The molecule has 1 rings (SSSR count). The molecule has 0 unspecified atom stereocenters. The summed E-state index contributed by atoms with van der Waals surface area (Å²) in [6.45, 7) is 6.36. The SMILES string of the molecule is CCn1ncc(OC)c1C(=O)C=C(C)C. The molecule has 82 valence electrons. The summed E-state index contributed by atoms with van der Waals surface area (Å²) in [5, 5.41) is 4.08. The second-order valence-corrected chi connectivity index (χ2v) is 3.46. The van der Waals surface area contributed by atoms with Crippen molar-refractivity contribution in [1.82, 2.24) is 9.78 Å². The summed E-state index contributed by atoms with van der Waals surface area (Å²) in [6.07, 6.45) is 3.15. The van der Waals surface area contributed by atoms with E-state index >= 15 is 0 Å². The van der Waals surface area contributed by atoms with Crippen LogP contribution in [0.4, 0.5) is 0 Å². The van der Waals surface area contributed by atoms with Crippen LogP contribution in [0.5, 0.6) is 5.75 Å². The molecule has 4 nitrogen and oxygen atoms in total. The molecule has 1 aromatic rings. The molecule has 0 saturated heterocycles. The fourth-order valence-electron chi connectivity index (χ4n) is 1.34. The highest BCUT2D eigenvalue weighted by molar-refractivity contribution is 6.05. The molecular weight excluding hydrogens is 192 g/mol. The number of ether oxygens (including phenoxy) is 1. The molecule has 0 aromatic carbocycles. The van der Waals surface area contributed by atoms with Gasteiger partial charge >= 0.3 is 0 Å². The lowest BCUT2D eigenvalue weighted by Crippen LogP contribution is -2.09. The molecule has 15 heavy (non-hydrogen) atoms. The standard InChI is InChI=1S/C11H16N2O2/c1-5-13-11(9(14)6-8(2)3)10(15-4)7-12-13/h6-7H,5H2,1-4H3. The second-order valence-electron chi connectivity index (χ2n) is 3.46. The van der Waals surface area contributed by atoms with Gasteiger partial charge in [0.1, 0.15) is 0 Å². The van der Waals surface area contributed by atoms with Crippen molar-refractivity contribution in [1.29, 1.82) is 0 Å². The minimum atomic E-state index is -0.0637. The maximum Gasteiger partial charge on any atom is 0.207 e. The molecule has 0 aliphatic rings. The maximum absolute atomic E-state index is 11.9. The first-order valence-corrected chi connectivity index (χ1v) is 4.89. The summed E-state index contributed by atoms with van der Waals surface area (Å²) in [5.74, 6) is 0.463. The van der Waals surface area contributed by atoms with E-state index in [0.717, 1.165) is 5.57 Å². The van der Waals surface area contributed by atoms with E-state index < -0.39 is 0 Å². The third kappa shape index (κ3) is 2.46. The average molecular weight is 208 g/mol. The molecule has 1 heterocycles. The van der Waals surface area contributed by atoms with E-state index in [1.54, 1.807) is 17.0 Å². The highest BCUT2D eigenvalue weighted by Gasteiger charge is 2.16. The lowest BCUT2D eigenvalue weighted by atomic mass is 10.2. The van der Waals surface area contributed by atoms with Crippen molar-refractivity contribution in [3.05, 3.63) is 23.5 Å². The minimum absolute atomic E-state index is 0.0637. The molecule has 0 aliphatic carbocycles. The Kier molecular flexibility index (Phi) is 3.66. The van der Waals surface area contributed by atoms with Gasteiger partial charge in [0.25, 0.3) is 0 Å². The van der Waals surface area contributed by atoms with Crippen LogP contribution < -0.4 is 4.74 Å². The predicted octanol–water partition coefficient (Wildman–Crippen LogP) is 2.06. The van der Waals surface area contributed by atoms with Gasteiger partial charge in [-0.2, -0.15) is 5.10 Å². The third-order valence-corrected chi connectivity index (χ3v) is 1.98. The Morgan fingerprint density at radius 2 is 2.27 bits per heavy atom. The topological polar surface area (TPSA) is 44.1 Å². The largest absolute Gasteiger partial charge is 0.493 e. The molecule has 0 radical (unpaired) electrons. The van der Waals surface area contributed by atoms with Gasteiger partial charge in [-0.1, -0.05) is 5.57 Å². The summed E-state index contributed by atoms with van der Waals surface area (Å²) in [6, 6.07) is 0. The summed E-state index contributed by atoms with van der Waals surface area (Å²) in [7, 11) is 1.54. The third-order valence-electron chi connectivity index (χ3n) is 1.98. The van der Waals surface area contributed by atoms with Gasteiger partial charge in [-0.15, -0.1) is 0 Å². The van der Waals surface area contributed by atoms with Crippen LogP contribution in [0.15, 0.2) is 17.8 Å². The van der Waals surface area contributed by atoms with Crippen molar-refractivity contribution < 1.29 is 9.53 Å². The van der Waals surface area contributed by atoms with E-state index in [9.17, 15) is 4.79 Å². The van der Waals surface area contributed by atoms with Crippen LogP contribution in [0.25, 0.3) is 0 Å². The molecule has 0 saturated carbocycles. The smallest absolute Gasteiger partial charge is 0.207 e. The predicted molar refractivity (Wildman–Crippen MR) is 58.2 cm³/mol. The Labute approximate surface area is 89.5 Å². The van der Waals surface area contributed by atoms with Gasteiger partial charge < -0.3 is 4.74 Å². The summed E-state index contributed by atoms with van der Waals surface area (Å²) in [4.78, 5) is 11.9. The zero-order valence-electron chi connectivity index (χ0n) is 9.57. The first kappa shape index (κ1) is 11.5. The van der Waals surface area contributed by atoms with Gasteiger partial charge in [-0.05, 0) is 26.8 Å². The van der Waals surface area contributed by atoms with E-state index in [4.69, 9.17) is 4.74 Å². The number of hydrogen-bond donors (Lipinski definition) is 0. The zero-order chi connectivity index (χ0) is 11.4. The zero-order valence-corrected chi connectivity index (χ0v) is 9.57. The Bertz CT molecular complexity index is 366. The van der Waals surface area contributed by atoms with Gasteiger partial charge in [0, 0.05) is 6.54 Å². The second kappa shape index (κ2) is 4.77. The quantitative estimate of drug-likeness (QED) is 0.562. The van der Waals surface area contributed by atoms with Crippen LogP contribution in [0, 0.1) is 0 Å². The normalized spacial score (nSPS) is 9.87. The van der Waals surface area contributed by atoms with Crippen molar-refractivity contribution in [2.45, 2.75) is 27.3 Å². The van der Waals surface area contributed by atoms with E-state index in [0.29, 0.717) is 18.0 Å². The molecule has 0 amide bonds. The van der Waals surface area contributed by atoms with Gasteiger partial charge in [-0.3, -0.25) is 9.48 Å². The maximum atomic E-state index is 11.9. The van der Waals surface area contributed by atoms with Gasteiger partial charge in [0.2, 0.25) is 5.78 Å². The number of carbonyl (C=O) groups excluding carboxylic acids is 1. The average Bonchev–Trinajstić information content (AvgIpc) is 2.58. The van der Waals surface area contributed by atoms with Gasteiger partial charge in [0.15, 0.2) is 11.4 Å². The fraction of sp³-hybridized carbons (Fsp3) is 0.455. The molecule has 0 atom stereocenters. The molecule has 0 aliphatic heterocycles. The highest BCUT2D eigenvalue weighted by atomic mass is 16.5. The fourth-order valence-corrected chi connectivity index (χ4v) is 1.34. The van der Waals surface area contributed by atoms with E-state index in [1.807, 2.05) is 20.8 Å². The Balaban J connectivity index is 3.15. The van der Waals surface area contributed by atoms with Gasteiger partial charge in [-0.25, -0.2) is 0 Å². The molecule has 4 heteroatoms. The number of hydrogen-bond acceptors (Lipinski definition) is 3. The van der Waals surface area contributed by atoms with Crippen LogP contribution in [-0.4, -0.2) is 22.7 Å². The van der Waals surface area contributed by atoms with Crippen LogP contribution in [0.2, 0.25) is 0 Å². The van der Waals surface area contributed by atoms with Crippen molar-refractivity contribution in [3.63, 3.8) is 0 Å². The van der Waals surface area contributed by atoms with Crippen LogP contribution in [0.3, 0.4) is 0 Å². The van der Waals surface area contributed by atoms with Crippen molar-refractivity contribution in [3.8, 4) is 5.75 Å². The summed E-state index contributed by atoms with van der Waals surface area (Å²) in [5.41, 5.74) is 1.48. The molecule has 0 spiro atoms. The Morgan fingerprint density at radius 3 is 2.73 bits per heavy atom. The van der Waals surface area contributed by atoms with Gasteiger partial charge in [0.05, 0.1) is 13.3 Å². The van der Waals surface area contributed by atoms with E-state index in [2.05, 4.69) is 5.10 Å².